The Morgan fingerprint density at radius 3 is 1.95 bits per heavy atom. The highest BCUT2D eigenvalue weighted by atomic mass is 16.5. The van der Waals surface area contributed by atoms with Gasteiger partial charge in [0.15, 0.2) is 0 Å². The van der Waals surface area contributed by atoms with E-state index in [-0.39, 0.29) is 0 Å². The minimum absolute atomic E-state index is 0.462. The van der Waals surface area contributed by atoms with Crippen LogP contribution >= 0.6 is 0 Å². The van der Waals surface area contributed by atoms with Crippen LogP contribution in [0.5, 0.6) is 11.9 Å². The predicted molar refractivity (Wildman–Crippen MR) is 162 cm³/mol. The van der Waals surface area contributed by atoms with Crippen LogP contribution in [0, 0.1) is 0 Å². The third kappa shape index (κ3) is 4.42. The van der Waals surface area contributed by atoms with Crippen LogP contribution in [-0.2, 0) is 0 Å². The van der Waals surface area contributed by atoms with Crippen LogP contribution in [-0.4, -0.2) is 14.5 Å². The average molecular weight is 516 g/mol. The first-order chi connectivity index (χ1) is 19.8. The standard InChI is InChI=1S/C36H25N3O/c1-3-13-26(14-4-1)28-17-11-18-29(25-28)31-20-12-22-33-35(31)38-36(40-34-23-9-10-24-37-34)39(33)32-21-8-7-19-30(32)27-15-5-2-6-16-27/h1-25H. The molecule has 0 saturated heterocycles. The average Bonchev–Trinajstić information content (AvgIpc) is 3.40. The lowest BCUT2D eigenvalue weighted by molar-refractivity contribution is 0.420. The van der Waals surface area contributed by atoms with Gasteiger partial charge in [0.25, 0.3) is 0 Å². The van der Waals surface area contributed by atoms with Crippen molar-refractivity contribution in [3.8, 4) is 51.0 Å². The third-order valence-corrected chi connectivity index (χ3v) is 7.00. The second-order valence-electron chi connectivity index (χ2n) is 9.50. The molecule has 40 heavy (non-hydrogen) atoms. The first kappa shape index (κ1) is 23.6. The van der Waals surface area contributed by atoms with Crippen LogP contribution in [0.25, 0.3) is 50.1 Å². The van der Waals surface area contributed by atoms with Gasteiger partial charge >= 0.3 is 6.01 Å². The molecule has 0 saturated carbocycles. The van der Waals surface area contributed by atoms with Crippen molar-refractivity contribution in [3.63, 3.8) is 0 Å². The fourth-order valence-electron chi connectivity index (χ4n) is 5.14. The maximum atomic E-state index is 6.36. The molecule has 190 valence electrons. The van der Waals surface area contributed by atoms with E-state index < -0.39 is 0 Å². The second-order valence-corrected chi connectivity index (χ2v) is 9.50. The number of hydrogen-bond acceptors (Lipinski definition) is 3. The van der Waals surface area contributed by atoms with E-state index >= 15 is 0 Å². The van der Waals surface area contributed by atoms with E-state index in [1.807, 2.05) is 36.4 Å². The minimum atomic E-state index is 0.462. The summed E-state index contributed by atoms with van der Waals surface area (Å²) in [5.74, 6) is 0.490. The number of benzene rings is 5. The molecule has 4 nitrogen and oxygen atoms in total. The summed E-state index contributed by atoms with van der Waals surface area (Å²) in [6.07, 6.45) is 1.72. The molecule has 0 fully saturated rings. The maximum Gasteiger partial charge on any atom is 0.309 e. The van der Waals surface area contributed by atoms with Crippen molar-refractivity contribution in [2.24, 2.45) is 0 Å². The zero-order valence-corrected chi connectivity index (χ0v) is 21.7. The largest absolute Gasteiger partial charge is 0.406 e. The van der Waals surface area contributed by atoms with Crippen LogP contribution in [0.3, 0.4) is 0 Å². The van der Waals surface area contributed by atoms with Gasteiger partial charge in [-0.05, 0) is 46.5 Å². The van der Waals surface area contributed by atoms with E-state index in [1.165, 1.54) is 5.56 Å². The summed E-state index contributed by atoms with van der Waals surface area (Å²) in [6.45, 7) is 0. The molecule has 0 aliphatic rings. The quantitative estimate of drug-likeness (QED) is 0.222. The van der Waals surface area contributed by atoms with Crippen molar-refractivity contribution in [2.45, 2.75) is 0 Å². The molecule has 0 N–H and O–H groups in total. The Kier molecular flexibility index (Phi) is 6.11. The molecule has 7 aromatic rings. The van der Waals surface area contributed by atoms with Gasteiger partial charge in [-0.25, -0.2) is 4.98 Å². The molecular formula is C36H25N3O. The van der Waals surface area contributed by atoms with Gasteiger partial charge in [-0.3, -0.25) is 4.57 Å². The van der Waals surface area contributed by atoms with E-state index in [0.717, 1.165) is 44.5 Å². The smallest absolute Gasteiger partial charge is 0.309 e. The van der Waals surface area contributed by atoms with Gasteiger partial charge in [0.05, 0.1) is 11.2 Å². The second kappa shape index (κ2) is 10.4. The number of nitrogens with zero attached hydrogens (tertiary/aromatic N) is 3. The summed E-state index contributed by atoms with van der Waals surface area (Å²) in [6, 6.07) is 50.2. The summed E-state index contributed by atoms with van der Waals surface area (Å²) in [7, 11) is 0. The summed E-state index contributed by atoms with van der Waals surface area (Å²) in [5.41, 5.74) is 9.48. The monoisotopic (exact) mass is 515 g/mol. The van der Waals surface area contributed by atoms with Crippen LogP contribution in [0.1, 0.15) is 0 Å². The van der Waals surface area contributed by atoms with Crippen LogP contribution < -0.4 is 4.74 Å². The molecule has 0 bridgehead atoms. The van der Waals surface area contributed by atoms with E-state index in [1.54, 1.807) is 6.20 Å². The van der Waals surface area contributed by atoms with E-state index in [4.69, 9.17) is 9.72 Å². The maximum absolute atomic E-state index is 6.36. The SMILES string of the molecule is c1ccc(-c2cccc(-c3cccc4c3nc(Oc3ccccn3)n4-c3ccccc3-c3ccccc3)c2)cc1. The molecule has 0 spiro atoms. The van der Waals surface area contributed by atoms with Crippen LogP contribution in [0.2, 0.25) is 0 Å². The lowest BCUT2D eigenvalue weighted by atomic mass is 9.98. The molecule has 0 aliphatic carbocycles. The summed E-state index contributed by atoms with van der Waals surface area (Å²) in [5, 5.41) is 0. The highest BCUT2D eigenvalue weighted by Crippen LogP contribution is 2.38. The van der Waals surface area contributed by atoms with Crippen molar-refractivity contribution in [1.82, 2.24) is 14.5 Å². The number of hydrogen-bond donors (Lipinski definition) is 0. The summed E-state index contributed by atoms with van der Waals surface area (Å²) in [4.78, 5) is 9.51. The normalized spacial score (nSPS) is 11.0. The van der Waals surface area contributed by atoms with Gasteiger partial charge in [-0.2, -0.15) is 4.98 Å². The predicted octanol–water partition coefficient (Wildman–Crippen LogP) is 9.21. The van der Waals surface area contributed by atoms with Crippen molar-refractivity contribution in [1.29, 1.82) is 0 Å². The molecule has 5 aromatic carbocycles. The highest BCUT2D eigenvalue weighted by molar-refractivity contribution is 5.95. The minimum Gasteiger partial charge on any atom is -0.406 e. The zero-order chi connectivity index (χ0) is 26.7. The molecule has 7 rings (SSSR count). The van der Waals surface area contributed by atoms with Crippen LogP contribution in [0.4, 0.5) is 0 Å². The Morgan fingerprint density at radius 2 is 1.15 bits per heavy atom. The van der Waals surface area contributed by atoms with E-state index in [9.17, 15) is 0 Å². The number of para-hydroxylation sites is 2. The lowest BCUT2D eigenvalue weighted by Crippen LogP contribution is -2.01. The van der Waals surface area contributed by atoms with Crippen molar-refractivity contribution in [2.75, 3.05) is 0 Å². The Labute approximate surface area is 232 Å². The zero-order valence-electron chi connectivity index (χ0n) is 21.7. The molecular weight excluding hydrogens is 490 g/mol. The Balaban J connectivity index is 1.45. The third-order valence-electron chi connectivity index (χ3n) is 7.00. The Bertz CT molecular complexity index is 1910. The van der Waals surface area contributed by atoms with Gasteiger partial charge in [-0.15, -0.1) is 0 Å². The summed E-state index contributed by atoms with van der Waals surface area (Å²) < 4.78 is 8.46. The number of imidazole rings is 1. The topological polar surface area (TPSA) is 39.9 Å². The first-order valence-electron chi connectivity index (χ1n) is 13.3. The number of fused-ring (bicyclic) bond motifs is 1. The van der Waals surface area contributed by atoms with Gasteiger partial charge in [0.2, 0.25) is 5.88 Å². The van der Waals surface area contributed by atoms with E-state index in [0.29, 0.717) is 11.9 Å². The van der Waals surface area contributed by atoms with Gasteiger partial charge in [-0.1, -0.05) is 115 Å². The molecule has 0 radical (unpaired) electrons. The van der Waals surface area contributed by atoms with Gasteiger partial charge in [0.1, 0.15) is 5.52 Å². The lowest BCUT2D eigenvalue weighted by Gasteiger charge is -2.14. The van der Waals surface area contributed by atoms with Crippen molar-refractivity contribution in [3.05, 3.63) is 152 Å². The van der Waals surface area contributed by atoms with Crippen LogP contribution in [0.15, 0.2) is 152 Å². The molecule has 0 atom stereocenters. The number of aromatic nitrogens is 3. The number of pyridine rings is 1. The Morgan fingerprint density at radius 1 is 0.500 bits per heavy atom. The molecule has 0 unspecified atom stereocenters. The molecule has 0 aliphatic heterocycles. The van der Waals surface area contributed by atoms with Crippen molar-refractivity contribution >= 4 is 11.0 Å². The highest BCUT2D eigenvalue weighted by Gasteiger charge is 2.20. The fraction of sp³-hybridized carbons (Fsp3) is 0. The fourth-order valence-corrected chi connectivity index (χ4v) is 5.14. The number of ether oxygens (including phenoxy) is 1. The van der Waals surface area contributed by atoms with Crippen molar-refractivity contribution < 1.29 is 4.74 Å². The molecule has 2 heterocycles. The van der Waals surface area contributed by atoms with Gasteiger partial charge in [0, 0.05) is 23.4 Å². The number of rotatable bonds is 6. The van der Waals surface area contributed by atoms with E-state index in [2.05, 4.69) is 119 Å². The van der Waals surface area contributed by atoms with Gasteiger partial charge < -0.3 is 4.74 Å². The Hall–Kier alpha value is -5.48. The molecule has 4 heteroatoms. The molecule has 0 amide bonds. The first-order valence-corrected chi connectivity index (χ1v) is 13.3. The summed E-state index contributed by atoms with van der Waals surface area (Å²) >= 11 is 0. The molecule has 2 aromatic heterocycles.